The summed E-state index contributed by atoms with van der Waals surface area (Å²) in [7, 11) is 0. The summed E-state index contributed by atoms with van der Waals surface area (Å²) >= 11 is 12.4. The fourth-order valence-corrected chi connectivity index (χ4v) is 3.75. The molecule has 0 fully saturated rings. The molecule has 30 heavy (non-hydrogen) atoms. The van der Waals surface area contributed by atoms with Gasteiger partial charge in [0.15, 0.2) is 0 Å². The standard InChI is InChI=1S/C23H23Cl2N3O2/c1-4-30-23(29)17-8-10-19(11-9-17)28-15(2)12-18(16(28)3)13-26-27-14-20-21(24)6-5-7-22(20)25/h5-13,27H,4,14H2,1-3H3/b26-13+. The van der Waals surface area contributed by atoms with Gasteiger partial charge in [0, 0.05) is 38.2 Å². The summed E-state index contributed by atoms with van der Waals surface area (Å²) in [5.74, 6) is -0.317. The van der Waals surface area contributed by atoms with Gasteiger partial charge in [-0.15, -0.1) is 0 Å². The molecule has 156 valence electrons. The van der Waals surface area contributed by atoms with Crippen LogP contribution >= 0.6 is 23.2 Å². The molecule has 2 aromatic carbocycles. The predicted molar refractivity (Wildman–Crippen MR) is 122 cm³/mol. The molecule has 3 rings (SSSR count). The van der Waals surface area contributed by atoms with Crippen LogP contribution in [0.15, 0.2) is 53.6 Å². The minimum absolute atomic E-state index is 0.317. The number of benzene rings is 2. The molecule has 0 aliphatic heterocycles. The first-order valence-corrected chi connectivity index (χ1v) is 10.3. The summed E-state index contributed by atoms with van der Waals surface area (Å²) in [5.41, 5.74) is 8.40. The lowest BCUT2D eigenvalue weighted by Crippen LogP contribution is -2.07. The molecule has 0 unspecified atom stereocenters. The maximum Gasteiger partial charge on any atom is 0.338 e. The van der Waals surface area contributed by atoms with Crippen LogP contribution in [0.25, 0.3) is 5.69 Å². The Morgan fingerprint density at radius 3 is 2.43 bits per heavy atom. The molecular formula is C23H23Cl2N3O2. The number of ether oxygens (including phenoxy) is 1. The number of hydrogen-bond donors (Lipinski definition) is 1. The van der Waals surface area contributed by atoms with E-state index in [2.05, 4.69) is 21.2 Å². The van der Waals surface area contributed by atoms with E-state index in [-0.39, 0.29) is 5.97 Å². The minimum atomic E-state index is -0.317. The van der Waals surface area contributed by atoms with Crippen molar-refractivity contribution in [2.24, 2.45) is 5.10 Å². The van der Waals surface area contributed by atoms with Crippen molar-refractivity contribution >= 4 is 35.4 Å². The second kappa shape index (κ2) is 9.83. The van der Waals surface area contributed by atoms with Gasteiger partial charge in [-0.2, -0.15) is 5.10 Å². The Hall–Kier alpha value is -2.76. The van der Waals surface area contributed by atoms with Crippen LogP contribution in [-0.4, -0.2) is 23.4 Å². The number of hydrogen-bond acceptors (Lipinski definition) is 4. The van der Waals surface area contributed by atoms with Crippen molar-refractivity contribution in [1.82, 2.24) is 9.99 Å². The number of hydrazone groups is 1. The highest BCUT2D eigenvalue weighted by molar-refractivity contribution is 6.35. The summed E-state index contributed by atoms with van der Waals surface area (Å²) in [6, 6.07) is 14.8. The normalized spacial score (nSPS) is 11.1. The highest BCUT2D eigenvalue weighted by Crippen LogP contribution is 2.24. The number of aromatic nitrogens is 1. The van der Waals surface area contributed by atoms with E-state index in [1.165, 1.54) is 0 Å². The summed E-state index contributed by atoms with van der Waals surface area (Å²) in [6.07, 6.45) is 1.77. The molecule has 3 aromatic rings. The molecule has 0 saturated heterocycles. The molecule has 1 aromatic heterocycles. The topological polar surface area (TPSA) is 55.6 Å². The quantitative estimate of drug-likeness (QED) is 0.289. The average Bonchev–Trinajstić information content (AvgIpc) is 3.00. The fourth-order valence-electron chi connectivity index (χ4n) is 3.22. The monoisotopic (exact) mass is 443 g/mol. The molecule has 0 saturated carbocycles. The van der Waals surface area contributed by atoms with Crippen molar-refractivity contribution in [2.45, 2.75) is 27.3 Å². The van der Waals surface area contributed by atoms with Crippen molar-refractivity contribution in [3.8, 4) is 5.69 Å². The molecule has 1 N–H and O–H groups in total. The van der Waals surface area contributed by atoms with Crippen LogP contribution in [-0.2, 0) is 11.3 Å². The van der Waals surface area contributed by atoms with Gasteiger partial charge in [0.2, 0.25) is 0 Å². The molecule has 0 amide bonds. The van der Waals surface area contributed by atoms with Crippen LogP contribution in [0, 0.1) is 13.8 Å². The third kappa shape index (κ3) is 4.86. The van der Waals surface area contributed by atoms with Crippen LogP contribution in [0.4, 0.5) is 0 Å². The molecule has 0 bridgehead atoms. The van der Waals surface area contributed by atoms with Gasteiger partial charge in [0.25, 0.3) is 0 Å². The Bertz CT molecular complexity index is 1050. The van der Waals surface area contributed by atoms with Gasteiger partial charge < -0.3 is 14.7 Å². The zero-order valence-electron chi connectivity index (χ0n) is 17.1. The minimum Gasteiger partial charge on any atom is -0.462 e. The van der Waals surface area contributed by atoms with Crippen molar-refractivity contribution in [1.29, 1.82) is 0 Å². The van der Waals surface area contributed by atoms with E-state index in [0.717, 1.165) is 28.2 Å². The maximum atomic E-state index is 11.9. The van der Waals surface area contributed by atoms with Crippen LogP contribution in [0.2, 0.25) is 10.0 Å². The van der Waals surface area contributed by atoms with E-state index in [9.17, 15) is 4.79 Å². The Kier molecular flexibility index (Phi) is 7.19. The largest absolute Gasteiger partial charge is 0.462 e. The SMILES string of the molecule is CCOC(=O)c1ccc(-n2c(C)cc(/C=N/NCc3c(Cl)cccc3Cl)c2C)cc1. The van der Waals surface area contributed by atoms with E-state index in [0.29, 0.717) is 28.8 Å². The molecule has 7 heteroatoms. The second-order valence-corrected chi connectivity index (χ2v) is 7.54. The van der Waals surface area contributed by atoms with Gasteiger partial charge in [-0.3, -0.25) is 0 Å². The van der Waals surface area contributed by atoms with Crippen molar-refractivity contribution in [3.63, 3.8) is 0 Å². The highest BCUT2D eigenvalue weighted by atomic mass is 35.5. The number of nitrogens with one attached hydrogen (secondary N) is 1. The average molecular weight is 444 g/mol. The summed E-state index contributed by atoms with van der Waals surface area (Å²) in [6.45, 7) is 6.64. The molecule has 0 aliphatic rings. The molecule has 0 spiro atoms. The van der Waals surface area contributed by atoms with Crippen LogP contribution in [0.3, 0.4) is 0 Å². The van der Waals surface area contributed by atoms with Gasteiger partial charge in [-0.05, 0) is 63.2 Å². The Morgan fingerprint density at radius 1 is 1.13 bits per heavy atom. The third-order valence-electron chi connectivity index (χ3n) is 4.72. The van der Waals surface area contributed by atoms with Crippen molar-refractivity contribution in [2.75, 3.05) is 6.61 Å². The predicted octanol–water partition coefficient (Wildman–Crippen LogP) is 5.70. The van der Waals surface area contributed by atoms with Gasteiger partial charge in [-0.1, -0.05) is 29.3 Å². The Morgan fingerprint density at radius 2 is 1.80 bits per heavy atom. The molecule has 0 atom stereocenters. The highest BCUT2D eigenvalue weighted by Gasteiger charge is 2.11. The molecule has 1 heterocycles. The summed E-state index contributed by atoms with van der Waals surface area (Å²) in [5, 5.41) is 5.53. The number of halogens is 2. The van der Waals surface area contributed by atoms with Gasteiger partial charge in [-0.25, -0.2) is 4.79 Å². The first kappa shape index (κ1) is 21.9. The van der Waals surface area contributed by atoms with Crippen molar-refractivity contribution < 1.29 is 9.53 Å². The second-order valence-electron chi connectivity index (χ2n) is 6.72. The lowest BCUT2D eigenvalue weighted by molar-refractivity contribution is 0.0526. The molecular weight excluding hydrogens is 421 g/mol. The zero-order chi connectivity index (χ0) is 21.7. The van der Waals surface area contributed by atoms with Crippen LogP contribution in [0.1, 0.15) is 39.8 Å². The summed E-state index contributed by atoms with van der Waals surface area (Å²) < 4.78 is 7.15. The van der Waals surface area contributed by atoms with E-state index >= 15 is 0 Å². The van der Waals surface area contributed by atoms with Gasteiger partial charge in [0.05, 0.1) is 24.9 Å². The first-order valence-electron chi connectivity index (χ1n) is 9.57. The smallest absolute Gasteiger partial charge is 0.338 e. The molecule has 5 nitrogen and oxygen atoms in total. The number of rotatable bonds is 7. The van der Waals surface area contributed by atoms with E-state index in [1.54, 1.807) is 37.4 Å². The maximum absolute atomic E-state index is 11.9. The van der Waals surface area contributed by atoms with Crippen LogP contribution < -0.4 is 5.43 Å². The van der Waals surface area contributed by atoms with Crippen LogP contribution in [0.5, 0.6) is 0 Å². The number of esters is 1. The number of carbonyl (C=O) groups is 1. The Labute approximate surface area is 186 Å². The lowest BCUT2D eigenvalue weighted by atomic mass is 10.2. The fraction of sp³-hybridized carbons (Fsp3) is 0.217. The van der Waals surface area contributed by atoms with Gasteiger partial charge >= 0.3 is 5.97 Å². The van der Waals surface area contributed by atoms with Gasteiger partial charge in [0.1, 0.15) is 0 Å². The number of aryl methyl sites for hydroxylation is 1. The van der Waals surface area contributed by atoms with E-state index in [4.69, 9.17) is 27.9 Å². The first-order chi connectivity index (χ1) is 14.4. The summed E-state index contributed by atoms with van der Waals surface area (Å²) in [4.78, 5) is 11.9. The van der Waals surface area contributed by atoms with E-state index < -0.39 is 0 Å². The number of nitrogens with zero attached hydrogens (tertiary/aromatic N) is 2. The Balaban J connectivity index is 1.74. The van der Waals surface area contributed by atoms with Crippen molar-refractivity contribution in [3.05, 3.63) is 86.7 Å². The van der Waals surface area contributed by atoms with E-state index in [1.807, 2.05) is 32.0 Å². The molecule has 0 radical (unpaired) electrons. The molecule has 0 aliphatic carbocycles. The third-order valence-corrected chi connectivity index (χ3v) is 5.43. The number of carbonyl (C=O) groups excluding carboxylic acids is 1. The zero-order valence-corrected chi connectivity index (χ0v) is 18.6. The lowest BCUT2D eigenvalue weighted by Gasteiger charge is -2.10.